The predicted molar refractivity (Wildman–Crippen MR) is 86.7 cm³/mol. The first-order valence-corrected chi connectivity index (χ1v) is 6.60. The Bertz CT molecular complexity index is 768. The van der Waals surface area contributed by atoms with Crippen LogP contribution in [0.2, 0.25) is 0 Å². The normalized spacial score (nSPS) is 10.4. The second kappa shape index (κ2) is 7.03. The molecule has 0 spiro atoms. The molecule has 0 aliphatic carbocycles. The van der Waals surface area contributed by atoms with Gasteiger partial charge in [-0.25, -0.2) is 0 Å². The van der Waals surface area contributed by atoms with Crippen molar-refractivity contribution < 1.29 is 4.79 Å². The summed E-state index contributed by atoms with van der Waals surface area (Å²) < 4.78 is 1.87. The van der Waals surface area contributed by atoms with Crippen LogP contribution in [0.4, 0.5) is 0 Å². The summed E-state index contributed by atoms with van der Waals surface area (Å²) in [7, 11) is 1.89. The van der Waals surface area contributed by atoms with Gasteiger partial charge >= 0.3 is 0 Å². The van der Waals surface area contributed by atoms with Gasteiger partial charge in [0, 0.05) is 49.0 Å². The summed E-state index contributed by atoms with van der Waals surface area (Å²) in [6, 6.07) is 3.71. The van der Waals surface area contributed by atoms with Crippen molar-refractivity contribution in [1.29, 1.82) is 0 Å². The number of nitrogens with one attached hydrogen (secondary N) is 1. The van der Waals surface area contributed by atoms with Gasteiger partial charge in [0.1, 0.15) is 5.69 Å². The number of H-pyrrole nitrogens is 1. The van der Waals surface area contributed by atoms with Gasteiger partial charge in [0.15, 0.2) is 0 Å². The molecule has 0 aliphatic heterocycles. The average molecular weight is 295 g/mol. The Balaban J connectivity index is 2.66. The molecule has 0 fully saturated rings. The minimum Gasteiger partial charge on any atom is -0.366 e. The monoisotopic (exact) mass is 295 g/mol. The van der Waals surface area contributed by atoms with Crippen molar-refractivity contribution in [3.05, 3.63) is 60.8 Å². The van der Waals surface area contributed by atoms with Crippen LogP contribution in [-0.4, -0.2) is 25.7 Å². The summed E-state index contributed by atoms with van der Waals surface area (Å²) in [5.41, 5.74) is 8.19. The lowest BCUT2D eigenvalue weighted by molar-refractivity contribution is -0.113. The zero-order chi connectivity index (χ0) is 15.9. The second-order valence-corrected chi connectivity index (χ2v) is 4.54. The Labute approximate surface area is 128 Å². The molecule has 1 amide bonds. The number of carbonyl (C=O) groups excluding carboxylic acids is 1. The Morgan fingerprint density at radius 1 is 1.45 bits per heavy atom. The Morgan fingerprint density at radius 3 is 3.00 bits per heavy atom. The minimum absolute atomic E-state index is 0.520. The van der Waals surface area contributed by atoms with Gasteiger partial charge < -0.3 is 10.3 Å². The van der Waals surface area contributed by atoms with Crippen LogP contribution in [0.3, 0.4) is 0 Å². The van der Waals surface area contributed by atoms with Crippen molar-refractivity contribution in [3.63, 3.8) is 0 Å². The molecule has 22 heavy (non-hydrogen) atoms. The molecule has 3 N–H and O–H groups in total. The van der Waals surface area contributed by atoms with Crippen molar-refractivity contribution in [3.8, 4) is 11.3 Å². The van der Waals surface area contributed by atoms with Gasteiger partial charge in [0.05, 0.1) is 5.69 Å². The molecule has 0 saturated heterocycles. The van der Waals surface area contributed by atoms with E-state index in [1.54, 1.807) is 24.5 Å². The zero-order valence-electron chi connectivity index (χ0n) is 12.2. The largest absolute Gasteiger partial charge is 0.366 e. The Morgan fingerprint density at radius 2 is 2.27 bits per heavy atom. The van der Waals surface area contributed by atoms with E-state index in [1.807, 2.05) is 36.1 Å². The Hall–Kier alpha value is -3.15. The van der Waals surface area contributed by atoms with Crippen molar-refractivity contribution in [1.82, 2.24) is 19.7 Å². The first kappa shape index (κ1) is 15.2. The molecular weight excluding hydrogens is 278 g/mol. The van der Waals surface area contributed by atoms with E-state index in [4.69, 9.17) is 5.73 Å². The van der Waals surface area contributed by atoms with Gasteiger partial charge in [0.2, 0.25) is 5.91 Å². The summed E-state index contributed by atoms with van der Waals surface area (Å²) in [6.07, 6.45) is 11.7. The summed E-state index contributed by atoms with van der Waals surface area (Å²) in [6.45, 7) is 3.74. The molecular formula is C16H17N5O. The molecule has 112 valence electrons. The van der Waals surface area contributed by atoms with Crippen LogP contribution in [0, 0.1) is 0 Å². The van der Waals surface area contributed by atoms with E-state index in [0.29, 0.717) is 11.4 Å². The number of primary amides is 1. The molecule has 2 aromatic heterocycles. The van der Waals surface area contributed by atoms with E-state index >= 15 is 0 Å². The summed E-state index contributed by atoms with van der Waals surface area (Å²) in [4.78, 5) is 15.1. The van der Waals surface area contributed by atoms with Gasteiger partial charge in [-0.2, -0.15) is 5.10 Å². The zero-order valence-corrected chi connectivity index (χ0v) is 12.2. The highest BCUT2D eigenvalue weighted by molar-refractivity contribution is 5.92. The molecule has 0 bridgehead atoms. The van der Waals surface area contributed by atoms with E-state index < -0.39 is 5.91 Å². The smallest absolute Gasteiger partial charge is 0.241 e. The molecule has 0 radical (unpaired) electrons. The van der Waals surface area contributed by atoms with Crippen molar-refractivity contribution in [2.45, 2.75) is 0 Å². The van der Waals surface area contributed by atoms with E-state index in [1.165, 1.54) is 6.08 Å². The molecule has 2 aromatic rings. The van der Waals surface area contributed by atoms with E-state index in [0.717, 1.165) is 11.1 Å². The molecule has 0 aromatic carbocycles. The van der Waals surface area contributed by atoms with Gasteiger partial charge in [-0.1, -0.05) is 6.58 Å². The fourth-order valence-electron chi connectivity index (χ4n) is 1.91. The number of aromatic amines is 1. The number of rotatable bonds is 4. The fraction of sp³-hybridized carbons (Fsp3) is 0.0625. The van der Waals surface area contributed by atoms with Crippen molar-refractivity contribution in [2.75, 3.05) is 0 Å². The minimum atomic E-state index is -0.520. The number of nitrogens with two attached hydrogens (primary N) is 1. The average Bonchev–Trinajstić information content (AvgIpc) is 2.92. The predicted octanol–water partition coefficient (Wildman–Crippen LogP) is 2.08. The molecule has 0 aliphatic rings. The third-order valence-corrected chi connectivity index (χ3v) is 2.90. The molecule has 2 rings (SSSR count). The highest BCUT2D eigenvalue weighted by atomic mass is 16.1. The summed E-state index contributed by atoms with van der Waals surface area (Å²) >= 11 is 0. The molecule has 0 atom stereocenters. The molecule has 0 unspecified atom stereocenters. The lowest BCUT2D eigenvalue weighted by Gasteiger charge is -2.00. The molecule has 2 heterocycles. The standard InChI is InChI=1S/C16H17N5O/c1-3-14-13(6-7-15(17)22)16(20-19-14)12-5-4-8-18-9-10-21(2)11-12/h3-11H,1H2,2H3,(H2,17,22)(H,19,20)/b5-4?,7-6+,10-9?,12-11?,18-8?. The maximum absolute atomic E-state index is 11.0. The number of hydrogen-bond acceptors (Lipinski definition) is 3. The molecule has 6 heteroatoms. The van der Waals surface area contributed by atoms with Crippen molar-refractivity contribution >= 4 is 18.1 Å². The third-order valence-electron chi connectivity index (χ3n) is 2.90. The number of carbonyl (C=O) groups is 1. The maximum atomic E-state index is 11.0. The molecule has 0 saturated carbocycles. The van der Waals surface area contributed by atoms with Crippen molar-refractivity contribution in [2.24, 2.45) is 12.8 Å². The highest BCUT2D eigenvalue weighted by Crippen LogP contribution is 2.24. The second-order valence-electron chi connectivity index (χ2n) is 4.54. The van der Waals surface area contributed by atoms with Crippen LogP contribution in [-0.2, 0) is 11.8 Å². The number of aromatic nitrogens is 4. The quantitative estimate of drug-likeness (QED) is 0.846. The maximum Gasteiger partial charge on any atom is 0.241 e. The topological polar surface area (TPSA) is 89.6 Å². The number of hydrogen-bond donors (Lipinski definition) is 2. The van der Waals surface area contributed by atoms with Crippen LogP contribution < -0.4 is 5.73 Å². The van der Waals surface area contributed by atoms with Crippen LogP contribution in [0.5, 0.6) is 0 Å². The third kappa shape index (κ3) is 3.69. The van der Waals surface area contributed by atoms with Gasteiger partial charge in [-0.05, 0) is 24.3 Å². The van der Waals surface area contributed by atoms with Gasteiger partial charge in [0.25, 0.3) is 0 Å². The first-order valence-electron chi connectivity index (χ1n) is 6.60. The Kier molecular flexibility index (Phi) is 4.87. The van der Waals surface area contributed by atoms with E-state index in [2.05, 4.69) is 21.8 Å². The van der Waals surface area contributed by atoms with Crippen LogP contribution in [0.1, 0.15) is 11.3 Å². The number of amides is 1. The number of aryl methyl sites for hydroxylation is 1. The molecule has 6 nitrogen and oxygen atoms in total. The summed E-state index contributed by atoms with van der Waals surface area (Å²) in [5.74, 6) is -0.520. The number of nitrogens with zero attached hydrogens (tertiary/aromatic N) is 3. The van der Waals surface area contributed by atoms with Crippen LogP contribution in [0.15, 0.2) is 49.6 Å². The van der Waals surface area contributed by atoms with E-state index in [9.17, 15) is 4.79 Å². The van der Waals surface area contributed by atoms with Crippen LogP contribution in [0.25, 0.3) is 23.4 Å². The summed E-state index contributed by atoms with van der Waals surface area (Å²) in [5, 5.41) is 7.21. The van der Waals surface area contributed by atoms with E-state index in [-0.39, 0.29) is 0 Å². The fourth-order valence-corrected chi connectivity index (χ4v) is 1.91. The lowest BCUT2D eigenvalue weighted by atomic mass is 10.1. The van der Waals surface area contributed by atoms with Crippen LogP contribution >= 0.6 is 0 Å². The lowest BCUT2D eigenvalue weighted by Crippen LogP contribution is -2.05. The highest BCUT2D eigenvalue weighted by Gasteiger charge is 2.10. The first-order chi connectivity index (χ1) is 10.6. The van der Waals surface area contributed by atoms with Gasteiger partial charge in [-0.15, -0.1) is 0 Å². The SMILES string of the molecule is C=Cc1[nH]nc(-c2cccnccn(C)c2)c1/C=C/C(N)=O. The van der Waals surface area contributed by atoms with Gasteiger partial charge in [-0.3, -0.25) is 14.9 Å².